The molecule has 0 aromatic carbocycles. The molecule has 2 amide bonds. The van der Waals surface area contributed by atoms with Gasteiger partial charge >= 0.3 is 0 Å². The Balaban J connectivity index is 1.88. The van der Waals surface area contributed by atoms with Gasteiger partial charge in [-0.05, 0) is 24.8 Å². The molecule has 0 bridgehead atoms. The lowest BCUT2D eigenvalue weighted by Gasteiger charge is -2.11. The van der Waals surface area contributed by atoms with Gasteiger partial charge in [0.05, 0.1) is 4.88 Å². The molecule has 8 heteroatoms. The smallest absolute Gasteiger partial charge is 0.261 e. The number of amides is 2. The lowest BCUT2D eigenvalue weighted by Crippen LogP contribution is -2.41. The summed E-state index contributed by atoms with van der Waals surface area (Å²) in [6.45, 7) is 3.69. The number of aromatic nitrogens is 2. The van der Waals surface area contributed by atoms with Crippen molar-refractivity contribution in [1.29, 1.82) is 0 Å². The van der Waals surface area contributed by atoms with Crippen LogP contribution in [0.2, 0.25) is 0 Å². The first kappa shape index (κ1) is 15.6. The van der Waals surface area contributed by atoms with Crippen molar-refractivity contribution in [2.24, 2.45) is 0 Å². The normalized spacial score (nSPS) is 11.9. The predicted octanol–water partition coefficient (Wildman–Crippen LogP) is 2.31. The Hall–Kier alpha value is -1.80. The third kappa shape index (κ3) is 4.33. The maximum atomic E-state index is 12.0. The number of carbonyl (C=O) groups excluding carboxylic acids is 2. The highest BCUT2D eigenvalue weighted by molar-refractivity contribution is 7.15. The zero-order valence-corrected chi connectivity index (χ0v) is 13.4. The number of hydrogen-bond donors (Lipinski definition) is 2. The van der Waals surface area contributed by atoms with E-state index < -0.39 is 6.04 Å². The van der Waals surface area contributed by atoms with Gasteiger partial charge in [-0.25, -0.2) is 0 Å². The van der Waals surface area contributed by atoms with Crippen LogP contribution in [0.4, 0.5) is 5.13 Å². The molecule has 21 heavy (non-hydrogen) atoms. The molecule has 112 valence electrons. The van der Waals surface area contributed by atoms with E-state index in [9.17, 15) is 9.59 Å². The minimum absolute atomic E-state index is 0.253. The predicted molar refractivity (Wildman–Crippen MR) is 83.8 cm³/mol. The van der Waals surface area contributed by atoms with Crippen molar-refractivity contribution in [3.8, 4) is 0 Å². The summed E-state index contributed by atoms with van der Waals surface area (Å²) in [5.41, 5.74) is 0. The summed E-state index contributed by atoms with van der Waals surface area (Å²) in [6.07, 6.45) is 1.83. The minimum Gasteiger partial charge on any atom is -0.340 e. The topological polar surface area (TPSA) is 84.0 Å². The Labute approximate surface area is 130 Å². The zero-order chi connectivity index (χ0) is 15.2. The van der Waals surface area contributed by atoms with Crippen LogP contribution in [0.25, 0.3) is 0 Å². The van der Waals surface area contributed by atoms with E-state index in [0.717, 1.165) is 17.8 Å². The highest BCUT2D eigenvalue weighted by Crippen LogP contribution is 2.16. The van der Waals surface area contributed by atoms with Crippen molar-refractivity contribution in [2.75, 3.05) is 5.32 Å². The van der Waals surface area contributed by atoms with Gasteiger partial charge in [0, 0.05) is 6.42 Å². The third-order valence-electron chi connectivity index (χ3n) is 2.65. The molecular formula is C13H16N4O2S2. The van der Waals surface area contributed by atoms with Crippen LogP contribution in [-0.2, 0) is 11.2 Å². The highest BCUT2D eigenvalue weighted by atomic mass is 32.1. The monoisotopic (exact) mass is 324 g/mol. The molecule has 0 saturated heterocycles. The van der Waals surface area contributed by atoms with E-state index in [1.165, 1.54) is 22.7 Å². The van der Waals surface area contributed by atoms with Gasteiger partial charge in [0.25, 0.3) is 5.91 Å². The molecular weight excluding hydrogens is 308 g/mol. The molecule has 0 aliphatic rings. The molecule has 2 rings (SSSR count). The van der Waals surface area contributed by atoms with Crippen LogP contribution >= 0.6 is 22.7 Å². The van der Waals surface area contributed by atoms with E-state index in [4.69, 9.17) is 0 Å². The van der Waals surface area contributed by atoms with Crippen molar-refractivity contribution >= 4 is 39.6 Å². The molecule has 0 fully saturated rings. The molecule has 0 radical (unpaired) electrons. The number of anilines is 1. The summed E-state index contributed by atoms with van der Waals surface area (Å²) >= 11 is 2.69. The van der Waals surface area contributed by atoms with Crippen molar-refractivity contribution in [3.63, 3.8) is 0 Å². The Morgan fingerprint density at radius 2 is 2.19 bits per heavy atom. The van der Waals surface area contributed by atoms with Crippen molar-refractivity contribution < 1.29 is 9.59 Å². The van der Waals surface area contributed by atoms with Gasteiger partial charge < -0.3 is 5.32 Å². The Bertz CT molecular complexity index is 609. The molecule has 0 aliphatic carbocycles. The van der Waals surface area contributed by atoms with Gasteiger partial charge in [0.2, 0.25) is 11.0 Å². The summed E-state index contributed by atoms with van der Waals surface area (Å²) in [6, 6.07) is 2.87. The molecule has 1 unspecified atom stereocenters. The Morgan fingerprint density at radius 3 is 2.86 bits per heavy atom. The first-order chi connectivity index (χ1) is 10.1. The summed E-state index contributed by atoms with van der Waals surface area (Å²) in [5, 5.41) is 16.4. The number of carbonyl (C=O) groups is 2. The average Bonchev–Trinajstić information content (AvgIpc) is 3.10. The van der Waals surface area contributed by atoms with Crippen LogP contribution < -0.4 is 10.6 Å². The van der Waals surface area contributed by atoms with Crippen LogP contribution in [0, 0.1) is 0 Å². The molecule has 2 aromatic rings. The van der Waals surface area contributed by atoms with E-state index >= 15 is 0 Å². The number of aryl methyl sites for hydroxylation is 1. The first-order valence-corrected chi connectivity index (χ1v) is 8.27. The molecule has 0 saturated carbocycles. The average molecular weight is 324 g/mol. The third-order valence-corrected chi connectivity index (χ3v) is 4.41. The SMILES string of the molecule is CCCc1nnc(NC(=O)C(C)NC(=O)c2cccs2)s1. The van der Waals surface area contributed by atoms with Crippen LogP contribution in [0.3, 0.4) is 0 Å². The lowest BCUT2D eigenvalue weighted by atomic mass is 10.3. The number of nitrogens with one attached hydrogen (secondary N) is 2. The van der Waals surface area contributed by atoms with E-state index in [0.29, 0.717) is 10.0 Å². The van der Waals surface area contributed by atoms with E-state index in [-0.39, 0.29) is 11.8 Å². The lowest BCUT2D eigenvalue weighted by molar-refractivity contribution is -0.117. The van der Waals surface area contributed by atoms with Gasteiger partial charge in [-0.3, -0.25) is 14.9 Å². The summed E-state index contributed by atoms with van der Waals surface area (Å²) in [5.74, 6) is -0.560. The fourth-order valence-electron chi connectivity index (χ4n) is 1.57. The molecule has 0 spiro atoms. The molecule has 2 heterocycles. The maximum Gasteiger partial charge on any atom is 0.261 e. The van der Waals surface area contributed by atoms with Crippen LogP contribution in [0.1, 0.15) is 34.9 Å². The van der Waals surface area contributed by atoms with Crippen molar-refractivity contribution in [3.05, 3.63) is 27.4 Å². The molecule has 1 atom stereocenters. The largest absolute Gasteiger partial charge is 0.340 e. The second-order valence-corrected chi connectivity index (χ2v) is 6.42. The van der Waals surface area contributed by atoms with Gasteiger partial charge in [0.1, 0.15) is 11.0 Å². The Kier molecular flexibility index (Phi) is 5.40. The highest BCUT2D eigenvalue weighted by Gasteiger charge is 2.18. The minimum atomic E-state index is -0.641. The number of hydrogen-bond acceptors (Lipinski definition) is 6. The number of rotatable bonds is 6. The summed E-state index contributed by atoms with van der Waals surface area (Å²) in [7, 11) is 0. The Morgan fingerprint density at radius 1 is 1.38 bits per heavy atom. The van der Waals surface area contributed by atoms with E-state index in [1.807, 2.05) is 5.38 Å². The first-order valence-electron chi connectivity index (χ1n) is 6.57. The quantitative estimate of drug-likeness (QED) is 0.854. The second kappa shape index (κ2) is 7.28. The summed E-state index contributed by atoms with van der Waals surface area (Å²) < 4.78 is 0. The molecule has 2 aromatic heterocycles. The second-order valence-electron chi connectivity index (χ2n) is 4.41. The van der Waals surface area contributed by atoms with Crippen LogP contribution in [0.5, 0.6) is 0 Å². The van der Waals surface area contributed by atoms with Crippen LogP contribution in [0.15, 0.2) is 17.5 Å². The van der Waals surface area contributed by atoms with E-state index in [1.54, 1.807) is 19.1 Å². The van der Waals surface area contributed by atoms with Gasteiger partial charge in [0.15, 0.2) is 0 Å². The number of thiophene rings is 1. The van der Waals surface area contributed by atoms with Crippen molar-refractivity contribution in [2.45, 2.75) is 32.7 Å². The fraction of sp³-hybridized carbons (Fsp3) is 0.385. The number of nitrogens with zero attached hydrogens (tertiary/aromatic N) is 2. The zero-order valence-electron chi connectivity index (χ0n) is 11.8. The van der Waals surface area contributed by atoms with Gasteiger partial charge in [-0.15, -0.1) is 21.5 Å². The summed E-state index contributed by atoms with van der Waals surface area (Å²) in [4.78, 5) is 24.4. The van der Waals surface area contributed by atoms with Gasteiger partial charge in [-0.1, -0.05) is 24.3 Å². The molecule has 2 N–H and O–H groups in total. The van der Waals surface area contributed by atoms with Crippen LogP contribution in [-0.4, -0.2) is 28.1 Å². The van der Waals surface area contributed by atoms with Gasteiger partial charge in [-0.2, -0.15) is 0 Å². The maximum absolute atomic E-state index is 12.0. The van der Waals surface area contributed by atoms with Crippen molar-refractivity contribution in [1.82, 2.24) is 15.5 Å². The standard InChI is InChI=1S/C13H16N4O2S2/c1-3-5-10-16-17-13(21-10)15-11(18)8(2)14-12(19)9-6-4-7-20-9/h4,6-8H,3,5H2,1-2H3,(H,14,19)(H,15,17,18). The van der Waals surface area contributed by atoms with E-state index in [2.05, 4.69) is 27.8 Å². The fourth-order valence-corrected chi connectivity index (χ4v) is 3.04. The molecule has 6 nitrogen and oxygen atoms in total. The molecule has 0 aliphatic heterocycles.